The first-order valence-corrected chi connectivity index (χ1v) is 9.16. The fraction of sp³-hybridized carbons (Fsp3) is 0.0870. The van der Waals surface area contributed by atoms with Crippen molar-refractivity contribution < 1.29 is 4.42 Å². The van der Waals surface area contributed by atoms with Crippen LogP contribution in [0.1, 0.15) is 22.9 Å². The second kappa shape index (κ2) is 6.78. The topological polar surface area (TPSA) is 63.8 Å². The number of para-hydroxylation sites is 1. The number of anilines is 1. The van der Waals surface area contributed by atoms with E-state index in [0.29, 0.717) is 11.4 Å². The molecule has 1 unspecified atom stereocenters. The van der Waals surface area contributed by atoms with Crippen molar-refractivity contribution in [3.05, 3.63) is 96.1 Å². The van der Waals surface area contributed by atoms with Crippen LogP contribution in [0.5, 0.6) is 0 Å². The van der Waals surface area contributed by atoms with Gasteiger partial charge in [-0.2, -0.15) is 0 Å². The van der Waals surface area contributed by atoms with Crippen molar-refractivity contribution in [3.8, 4) is 0 Å². The van der Waals surface area contributed by atoms with Gasteiger partial charge in [0.15, 0.2) is 11.4 Å². The quantitative estimate of drug-likeness (QED) is 0.469. The SMILES string of the molecule is Cc1cccc(C(Nc2ncnc3c2oc2ccccc23)c2ccccn2)c1. The maximum Gasteiger partial charge on any atom is 0.196 e. The monoisotopic (exact) mass is 366 g/mol. The summed E-state index contributed by atoms with van der Waals surface area (Å²) in [7, 11) is 0. The molecule has 0 aliphatic heterocycles. The Morgan fingerprint density at radius 3 is 2.64 bits per heavy atom. The van der Waals surface area contributed by atoms with Crippen LogP contribution in [0.4, 0.5) is 5.82 Å². The first kappa shape index (κ1) is 16.4. The number of nitrogens with zero attached hydrogens (tertiary/aromatic N) is 3. The van der Waals surface area contributed by atoms with Gasteiger partial charge in [-0.15, -0.1) is 0 Å². The summed E-state index contributed by atoms with van der Waals surface area (Å²) >= 11 is 0. The lowest BCUT2D eigenvalue weighted by Crippen LogP contribution is -2.15. The van der Waals surface area contributed by atoms with Gasteiger partial charge in [0.25, 0.3) is 0 Å². The van der Waals surface area contributed by atoms with E-state index in [1.807, 2.05) is 42.5 Å². The number of nitrogens with one attached hydrogen (secondary N) is 1. The summed E-state index contributed by atoms with van der Waals surface area (Å²) in [6.45, 7) is 2.08. The molecule has 2 aromatic carbocycles. The van der Waals surface area contributed by atoms with Crippen LogP contribution in [-0.2, 0) is 0 Å². The van der Waals surface area contributed by atoms with Crippen molar-refractivity contribution in [3.63, 3.8) is 0 Å². The molecular formula is C23H18N4O. The summed E-state index contributed by atoms with van der Waals surface area (Å²) in [5.74, 6) is 0.651. The molecule has 0 aliphatic rings. The van der Waals surface area contributed by atoms with E-state index in [0.717, 1.165) is 27.7 Å². The summed E-state index contributed by atoms with van der Waals surface area (Å²) < 4.78 is 6.07. The summed E-state index contributed by atoms with van der Waals surface area (Å²) in [5, 5.41) is 4.51. The molecule has 0 aliphatic carbocycles. The average Bonchev–Trinajstić information content (AvgIpc) is 3.12. The van der Waals surface area contributed by atoms with E-state index in [1.54, 1.807) is 12.5 Å². The molecule has 1 N–H and O–H groups in total. The van der Waals surface area contributed by atoms with Gasteiger partial charge >= 0.3 is 0 Å². The Morgan fingerprint density at radius 1 is 0.893 bits per heavy atom. The summed E-state index contributed by atoms with van der Waals surface area (Å²) in [6, 6.07) is 22.0. The van der Waals surface area contributed by atoms with Crippen LogP contribution in [0.3, 0.4) is 0 Å². The Bertz CT molecular complexity index is 1260. The largest absolute Gasteiger partial charge is 0.450 e. The number of furan rings is 1. The highest BCUT2D eigenvalue weighted by atomic mass is 16.3. The average molecular weight is 366 g/mol. The summed E-state index contributed by atoms with van der Waals surface area (Å²) in [5.41, 5.74) is 5.47. The number of hydrogen-bond acceptors (Lipinski definition) is 5. The first-order valence-electron chi connectivity index (χ1n) is 9.16. The van der Waals surface area contributed by atoms with Gasteiger partial charge in [0.2, 0.25) is 0 Å². The Kier molecular flexibility index (Phi) is 3.98. The van der Waals surface area contributed by atoms with Crippen LogP contribution in [0.2, 0.25) is 0 Å². The van der Waals surface area contributed by atoms with Gasteiger partial charge in [0.05, 0.1) is 11.7 Å². The lowest BCUT2D eigenvalue weighted by atomic mass is 10.0. The molecule has 28 heavy (non-hydrogen) atoms. The number of rotatable bonds is 4. The van der Waals surface area contributed by atoms with E-state index in [-0.39, 0.29) is 6.04 Å². The van der Waals surface area contributed by atoms with Gasteiger partial charge in [0.1, 0.15) is 17.4 Å². The molecule has 3 aromatic heterocycles. The van der Waals surface area contributed by atoms with E-state index >= 15 is 0 Å². The number of aryl methyl sites for hydroxylation is 1. The Balaban J connectivity index is 1.65. The number of hydrogen-bond donors (Lipinski definition) is 1. The minimum Gasteiger partial charge on any atom is -0.450 e. The summed E-state index contributed by atoms with van der Waals surface area (Å²) in [4.78, 5) is 13.5. The molecule has 5 heteroatoms. The van der Waals surface area contributed by atoms with E-state index in [1.165, 1.54) is 5.56 Å². The molecule has 0 fully saturated rings. The fourth-order valence-electron chi connectivity index (χ4n) is 3.49. The summed E-state index contributed by atoms with van der Waals surface area (Å²) in [6.07, 6.45) is 3.37. The minimum atomic E-state index is -0.160. The second-order valence-corrected chi connectivity index (χ2v) is 6.74. The highest BCUT2D eigenvalue weighted by Crippen LogP contribution is 2.33. The predicted octanol–water partition coefficient (Wildman–Crippen LogP) is 5.28. The predicted molar refractivity (Wildman–Crippen MR) is 110 cm³/mol. The normalized spacial score (nSPS) is 12.3. The Hall–Kier alpha value is -3.73. The molecule has 5 aromatic rings. The maximum atomic E-state index is 6.07. The van der Waals surface area contributed by atoms with E-state index in [2.05, 4.69) is 51.5 Å². The minimum absolute atomic E-state index is 0.160. The molecule has 3 heterocycles. The van der Waals surface area contributed by atoms with Crippen molar-refractivity contribution in [2.75, 3.05) is 5.32 Å². The lowest BCUT2D eigenvalue weighted by Gasteiger charge is -2.19. The molecule has 0 spiro atoms. The third kappa shape index (κ3) is 2.87. The maximum absolute atomic E-state index is 6.07. The van der Waals surface area contributed by atoms with Crippen LogP contribution in [0.15, 0.2) is 83.7 Å². The zero-order valence-electron chi connectivity index (χ0n) is 15.3. The van der Waals surface area contributed by atoms with Gasteiger partial charge in [-0.1, -0.05) is 48.0 Å². The van der Waals surface area contributed by atoms with Gasteiger partial charge in [-0.3, -0.25) is 4.98 Å². The van der Waals surface area contributed by atoms with Gasteiger partial charge in [-0.05, 0) is 36.8 Å². The third-order valence-electron chi connectivity index (χ3n) is 4.80. The number of pyridine rings is 1. The Labute approximate surface area is 162 Å². The van der Waals surface area contributed by atoms with Crippen molar-refractivity contribution in [2.45, 2.75) is 13.0 Å². The molecule has 5 rings (SSSR count). The van der Waals surface area contributed by atoms with Crippen molar-refractivity contribution in [1.29, 1.82) is 0 Å². The molecule has 136 valence electrons. The standard InChI is InChI=1S/C23H18N4O/c1-15-7-6-8-16(13-15)20(18-10-4-5-12-24-18)27-23-22-21(25-14-26-23)17-9-2-3-11-19(17)28-22/h2-14,20H,1H3,(H,25,26,27). The van der Waals surface area contributed by atoms with Crippen LogP contribution in [0, 0.1) is 6.92 Å². The molecule has 0 amide bonds. The highest BCUT2D eigenvalue weighted by Gasteiger charge is 2.20. The van der Waals surface area contributed by atoms with Gasteiger partial charge in [0, 0.05) is 11.6 Å². The molecule has 0 bridgehead atoms. The van der Waals surface area contributed by atoms with Crippen LogP contribution in [-0.4, -0.2) is 15.0 Å². The molecule has 0 radical (unpaired) electrons. The number of benzene rings is 2. The Morgan fingerprint density at radius 2 is 1.79 bits per heavy atom. The molecule has 0 saturated carbocycles. The number of fused-ring (bicyclic) bond motifs is 3. The van der Waals surface area contributed by atoms with E-state index in [4.69, 9.17) is 4.42 Å². The van der Waals surface area contributed by atoms with Gasteiger partial charge in [-0.25, -0.2) is 9.97 Å². The molecular weight excluding hydrogens is 348 g/mol. The van der Waals surface area contributed by atoms with E-state index < -0.39 is 0 Å². The fourth-order valence-corrected chi connectivity index (χ4v) is 3.49. The smallest absolute Gasteiger partial charge is 0.196 e. The zero-order valence-corrected chi connectivity index (χ0v) is 15.3. The van der Waals surface area contributed by atoms with Crippen LogP contribution >= 0.6 is 0 Å². The molecule has 5 nitrogen and oxygen atoms in total. The van der Waals surface area contributed by atoms with Crippen LogP contribution < -0.4 is 5.32 Å². The highest BCUT2D eigenvalue weighted by molar-refractivity contribution is 6.05. The zero-order chi connectivity index (χ0) is 18.9. The lowest BCUT2D eigenvalue weighted by molar-refractivity contribution is 0.665. The third-order valence-corrected chi connectivity index (χ3v) is 4.80. The number of aromatic nitrogens is 3. The first-order chi connectivity index (χ1) is 13.8. The van der Waals surface area contributed by atoms with Crippen molar-refractivity contribution >= 4 is 27.9 Å². The molecule has 0 saturated heterocycles. The van der Waals surface area contributed by atoms with E-state index in [9.17, 15) is 0 Å². The van der Waals surface area contributed by atoms with Gasteiger partial charge < -0.3 is 9.73 Å². The van der Waals surface area contributed by atoms with Crippen molar-refractivity contribution in [1.82, 2.24) is 15.0 Å². The van der Waals surface area contributed by atoms with Crippen molar-refractivity contribution in [2.24, 2.45) is 0 Å². The van der Waals surface area contributed by atoms with Crippen LogP contribution in [0.25, 0.3) is 22.1 Å². The molecule has 1 atom stereocenters. The second-order valence-electron chi connectivity index (χ2n) is 6.74.